The number of para-hydroxylation sites is 6. The molecule has 0 bridgehead atoms. The number of hydrogen-bond acceptors (Lipinski definition) is 6. The summed E-state index contributed by atoms with van der Waals surface area (Å²) in [6.45, 7) is 0. The lowest BCUT2D eigenvalue weighted by Gasteiger charge is -2.32. The predicted octanol–water partition coefficient (Wildman–Crippen LogP) is 20.9. The van der Waals surface area contributed by atoms with Gasteiger partial charge in [-0.2, -0.15) is 0 Å². The van der Waals surface area contributed by atoms with Gasteiger partial charge in [0.25, 0.3) is 0 Å². The second kappa shape index (κ2) is 18.5. The van der Waals surface area contributed by atoms with Crippen LogP contribution < -0.4 is 9.80 Å². The Morgan fingerprint density at radius 3 is 1.36 bits per heavy atom. The Kier molecular flexibility index (Phi) is 11.2. The van der Waals surface area contributed by atoms with E-state index in [4.69, 9.17) is 0 Å². The molecule has 2 aliphatic rings. The Hall–Kier alpha value is -7.50. The first-order chi connectivity index (χ1) is 36.1. The Morgan fingerprint density at radius 1 is 0.329 bits per heavy atom. The van der Waals surface area contributed by atoms with Gasteiger partial charge < -0.3 is 19.4 Å². The van der Waals surface area contributed by atoms with Gasteiger partial charge in [-0.15, -0.1) is 22.7 Å². The fraction of sp³-hybridized carbons (Fsp3) is 0. The first kappa shape index (κ1) is 44.2. The van der Waals surface area contributed by atoms with Crippen molar-refractivity contribution in [3.05, 3.63) is 246 Å². The number of aromatic nitrogens is 2. The molecule has 0 saturated heterocycles. The van der Waals surface area contributed by atoms with Crippen molar-refractivity contribution in [3.8, 4) is 5.69 Å². The highest BCUT2D eigenvalue weighted by Gasteiger charge is 2.26. The van der Waals surface area contributed by atoms with Gasteiger partial charge in [0.05, 0.1) is 33.8 Å². The van der Waals surface area contributed by atoms with Gasteiger partial charge in [-0.25, -0.2) is 0 Å². The molecule has 0 unspecified atom stereocenters. The van der Waals surface area contributed by atoms with Crippen LogP contribution in [0.2, 0.25) is 0 Å². The lowest BCUT2D eigenvalue weighted by atomic mass is 10.1. The van der Waals surface area contributed by atoms with Gasteiger partial charge in [0, 0.05) is 93.9 Å². The van der Waals surface area contributed by atoms with Crippen molar-refractivity contribution in [2.24, 2.45) is 0 Å². The molecule has 0 spiro atoms. The maximum Gasteiger partial charge on any atom is 0.0601 e. The number of thiophene rings is 2. The molecule has 348 valence electrons. The number of rotatable bonds is 3. The largest absolute Gasteiger partial charge is 0.354 e. The lowest BCUT2D eigenvalue weighted by Crippen LogP contribution is -2.14. The molecule has 16 rings (SSSR count). The molecule has 0 fully saturated rings. The third-order valence-electron chi connectivity index (χ3n) is 13.7. The number of benzene rings is 10. The summed E-state index contributed by atoms with van der Waals surface area (Å²) in [5, 5.41) is 12.4. The van der Waals surface area contributed by atoms with E-state index in [1.54, 1.807) is 22.7 Å². The fourth-order valence-corrected chi connectivity index (χ4v) is 14.5. The summed E-state index contributed by atoms with van der Waals surface area (Å²) in [6.07, 6.45) is 0. The number of halogens is 1. The van der Waals surface area contributed by atoms with Gasteiger partial charge in [-0.05, 0) is 156 Å². The molecule has 10 aromatic carbocycles. The van der Waals surface area contributed by atoms with Crippen LogP contribution in [-0.2, 0) is 0 Å². The summed E-state index contributed by atoms with van der Waals surface area (Å²) in [5.74, 6) is 0. The van der Waals surface area contributed by atoms with Crippen molar-refractivity contribution in [2.45, 2.75) is 19.6 Å². The van der Waals surface area contributed by atoms with Gasteiger partial charge >= 0.3 is 0 Å². The minimum absolute atomic E-state index is 1.10. The Labute approximate surface area is 446 Å². The van der Waals surface area contributed by atoms with E-state index in [1.807, 2.05) is 23.5 Å². The SMILES string of the molecule is Brc1ccc(N2c3ccccc3Sc3ccccc32)cc1.c1ccc2c(c1)Sc1ccccc1N2c1ccc(-n2c3ccccc3c3c4ccsc4ccc32)cc1.c1ccc2c(c1)[nH]c1ccc3sccc3c12. The Bertz CT molecular complexity index is 4290. The van der Waals surface area contributed by atoms with Crippen molar-refractivity contribution < 1.29 is 0 Å². The Balaban J connectivity index is 0.000000112. The molecule has 2 aliphatic heterocycles. The van der Waals surface area contributed by atoms with Crippen LogP contribution in [0.15, 0.2) is 265 Å². The first-order valence-corrected chi connectivity index (χ1v) is 28.3. The summed E-state index contributed by atoms with van der Waals surface area (Å²) in [5.41, 5.74) is 13.4. The van der Waals surface area contributed by atoms with Crippen LogP contribution in [-0.4, -0.2) is 9.55 Å². The minimum Gasteiger partial charge on any atom is -0.354 e. The van der Waals surface area contributed by atoms with Crippen LogP contribution in [0, 0.1) is 0 Å². The fourth-order valence-electron chi connectivity index (χ4n) is 10.5. The third kappa shape index (κ3) is 7.73. The van der Waals surface area contributed by atoms with E-state index >= 15 is 0 Å². The summed E-state index contributed by atoms with van der Waals surface area (Å²) in [7, 11) is 0. The van der Waals surface area contributed by atoms with Gasteiger partial charge in [-0.3, -0.25) is 0 Å². The molecule has 0 atom stereocenters. The van der Waals surface area contributed by atoms with E-state index in [1.165, 1.54) is 123 Å². The number of anilines is 6. The molecular weight excluding hydrogens is 1030 g/mol. The summed E-state index contributed by atoms with van der Waals surface area (Å²) >= 11 is 10.8. The number of hydrogen-bond donors (Lipinski definition) is 1. The molecule has 6 heterocycles. The minimum atomic E-state index is 1.10. The van der Waals surface area contributed by atoms with Crippen LogP contribution in [0.5, 0.6) is 0 Å². The second-order valence-electron chi connectivity index (χ2n) is 17.9. The molecule has 0 aliphatic carbocycles. The highest BCUT2D eigenvalue weighted by Crippen LogP contribution is 2.53. The average molecular weight is 1070 g/mol. The number of nitrogens with zero attached hydrogens (tertiary/aromatic N) is 3. The zero-order chi connectivity index (χ0) is 48.4. The quantitative estimate of drug-likeness (QED) is 0.191. The van der Waals surface area contributed by atoms with Gasteiger partial charge in [0.2, 0.25) is 0 Å². The van der Waals surface area contributed by atoms with Crippen LogP contribution in [0.4, 0.5) is 34.1 Å². The maximum absolute atomic E-state index is 3.51. The molecular formula is C64H41BrN4S4. The topological polar surface area (TPSA) is 27.2 Å². The van der Waals surface area contributed by atoms with E-state index < -0.39 is 0 Å². The summed E-state index contributed by atoms with van der Waals surface area (Å²) in [4.78, 5) is 13.3. The lowest BCUT2D eigenvalue weighted by molar-refractivity contribution is 1.15. The van der Waals surface area contributed by atoms with Gasteiger partial charge in [0.1, 0.15) is 0 Å². The molecule has 14 aromatic rings. The number of H-pyrrole nitrogens is 1. The van der Waals surface area contributed by atoms with E-state index in [0.29, 0.717) is 0 Å². The molecule has 4 nitrogen and oxygen atoms in total. The smallest absolute Gasteiger partial charge is 0.0601 e. The van der Waals surface area contributed by atoms with E-state index in [9.17, 15) is 0 Å². The van der Waals surface area contributed by atoms with E-state index in [-0.39, 0.29) is 0 Å². The summed E-state index contributed by atoms with van der Waals surface area (Å²) in [6, 6.07) is 82.5. The zero-order valence-electron chi connectivity index (χ0n) is 38.9. The molecule has 4 aromatic heterocycles. The molecule has 0 saturated carbocycles. The molecule has 9 heteroatoms. The monoisotopic (exact) mass is 1070 g/mol. The molecule has 0 amide bonds. The summed E-state index contributed by atoms with van der Waals surface area (Å²) < 4.78 is 6.19. The van der Waals surface area contributed by atoms with Crippen molar-refractivity contribution in [2.75, 3.05) is 9.80 Å². The number of fused-ring (bicyclic) bond motifs is 14. The van der Waals surface area contributed by atoms with E-state index in [2.05, 4.69) is 277 Å². The van der Waals surface area contributed by atoms with Crippen molar-refractivity contribution in [1.82, 2.24) is 9.55 Å². The van der Waals surface area contributed by atoms with E-state index in [0.717, 1.165) is 4.47 Å². The van der Waals surface area contributed by atoms with Crippen LogP contribution >= 0.6 is 62.1 Å². The van der Waals surface area contributed by atoms with Gasteiger partial charge in [-0.1, -0.05) is 124 Å². The predicted molar refractivity (Wildman–Crippen MR) is 319 cm³/mol. The third-order valence-corrected chi connectivity index (χ3v) is 18.2. The van der Waals surface area contributed by atoms with Crippen LogP contribution in [0.3, 0.4) is 0 Å². The number of aromatic amines is 1. The number of nitrogens with one attached hydrogen (secondary N) is 1. The van der Waals surface area contributed by atoms with Crippen molar-refractivity contribution >= 4 is 160 Å². The van der Waals surface area contributed by atoms with Crippen LogP contribution in [0.25, 0.3) is 69.5 Å². The standard InChI is InChI=1S/C32H20N2S2.C18H12BrNS.C14H9NS/c1-2-8-25-23(7-1)32-24-19-20-35-29(24)18-17-28(32)33(25)21-13-15-22(16-14-21)34-26-9-3-5-11-30(26)36-31-12-6-4-10-27(31)34;19-13-9-11-14(12-10-13)20-15-5-1-3-7-17(15)21-18-8-4-2-6-16(18)20;1-2-4-11-9(3-1)14-10-7-8-16-13(10)6-5-12(14)15-11/h1-20H;1-12H;1-8,15H. The normalized spacial score (nSPS) is 12.6. The van der Waals surface area contributed by atoms with Crippen molar-refractivity contribution in [3.63, 3.8) is 0 Å². The average Bonchev–Trinajstić information content (AvgIpc) is 4.28. The Morgan fingerprint density at radius 2 is 0.781 bits per heavy atom. The van der Waals surface area contributed by atoms with Crippen LogP contribution in [0.1, 0.15) is 0 Å². The highest BCUT2D eigenvalue weighted by molar-refractivity contribution is 9.10. The second-order valence-corrected chi connectivity index (χ2v) is 22.9. The maximum atomic E-state index is 3.51. The van der Waals surface area contributed by atoms with Gasteiger partial charge in [0.15, 0.2) is 0 Å². The zero-order valence-corrected chi connectivity index (χ0v) is 43.8. The highest BCUT2D eigenvalue weighted by atomic mass is 79.9. The molecule has 1 N–H and O–H groups in total. The van der Waals surface area contributed by atoms with Crippen molar-refractivity contribution in [1.29, 1.82) is 0 Å². The molecule has 0 radical (unpaired) electrons. The molecule has 73 heavy (non-hydrogen) atoms. The first-order valence-electron chi connectivity index (χ1n) is 24.1.